The van der Waals surface area contributed by atoms with Gasteiger partial charge in [-0.25, -0.2) is 0 Å². The second-order valence-corrected chi connectivity index (χ2v) is 5.54. The summed E-state index contributed by atoms with van der Waals surface area (Å²) in [5, 5.41) is 0. The van der Waals surface area contributed by atoms with E-state index in [1.54, 1.807) is 0 Å². The number of hydrogen-bond acceptors (Lipinski definition) is 2. The van der Waals surface area contributed by atoms with E-state index in [1.807, 2.05) is 0 Å². The average Bonchev–Trinajstić information content (AvgIpc) is 2.33. The fraction of sp³-hybridized carbons (Fsp3) is 0.600. The van der Waals surface area contributed by atoms with Gasteiger partial charge in [-0.3, -0.25) is 0 Å². The topological polar surface area (TPSA) is 29.3 Å². The van der Waals surface area contributed by atoms with Crippen molar-refractivity contribution in [3.8, 4) is 0 Å². The van der Waals surface area contributed by atoms with Gasteiger partial charge in [-0.1, -0.05) is 32.0 Å². The van der Waals surface area contributed by atoms with Gasteiger partial charge in [0.2, 0.25) is 0 Å². The molecule has 2 nitrogen and oxygen atoms in total. The molecular formula is C15H24N2. The molecule has 1 heterocycles. The van der Waals surface area contributed by atoms with Crippen LogP contribution in [0.15, 0.2) is 24.3 Å². The SMILES string of the molecule is CC1CC(C)C(C)N(c2ccccc2CN)C1. The Kier molecular flexibility index (Phi) is 3.72. The van der Waals surface area contributed by atoms with Crippen LogP contribution in [0.5, 0.6) is 0 Å². The van der Waals surface area contributed by atoms with E-state index in [2.05, 4.69) is 49.9 Å². The lowest BCUT2D eigenvalue weighted by atomic mass is 9.85. The van der Waals surface area contributed by atoms with Gasteiger partial charge in [0.25, 0.3) is 0 Å². The molecule has 0 bridgehead atoms. The fourth-order valence-electron chi connectivity index (χ4n) is 3.00. The van der Waals surface area contributed by atoms with Gasteiger partial charge in [-0.15, -0.1) is 0 Å². The van der Waals surface area contributed by atoms with Crippen molar-refractivity contribution in [3.63, 3.8) is 0 Å². The summed E-state index contributed by atoms with van der Waals surface area (Å²) in [5.74, 6) is 1.52. The average molecular weight is 232 g/mol. The van der Waals surface area contributed by atoms with Crippen LogP contribution < -0.4 is 10.6 Å². The van der Waals surface area contributed by atoms with Crippen molar-refractivity contribution >= 4 is 5.69 Å². The number of rotatable bonds is 2. The Balaban J connectivity index is 2.31. The lowest BCUT2D eigenvalue weighted by molar-refractivity contribution is 0.296. The van der Waals surface area contributed by atoms with Gasteiger partial charge in [0, 0.05) is 24.8 Å². The van der Waals surface area contributed by atoms with Gasteiger partial charge in [0.1, 0.15) is 0 Å². The number of hydrogen-bond donors (Lipinski definition) is 1. The molecule has 2 rings (SSSR count). The van der Waals surface area contributed by atoms with Crippen molar-refractivity contribution in [2.45, 2.75) is 39.8 Å². The molecule has 0 aromatic heterocycles. The highest BCUT2D eigenvalue weighted by Gasteiger charge is 2.29. The van der Waals surface area contributed by atoms with E-state index in [1.165, 1.54) is 17.7 Å². The Hall–Kier alpha value is -1.02. The molecule has 3 unspecified atom stereocenters. The molecule has 0 aliphatic carbocycles. The number of nitrogens with two attached hydrogens (primary N) is 1. The van der Waals surface area contributed by atoms with E-state index in [0.29, 0.717) is 12.6 Å². The summed E-state index contributed by atoms with van der Waals surface area (Å²) in [6.07, 6.45) is 1.34. The largest absolute Gasteiger partial charge is 0.368 e. The summed E-state index contributed by atoms with van der Waals surface area (Å²) < 4.78 is 0. The smallest absolute Gasteiger partial charge is 0.0414 e. The van der Waals surface area contributed by atoms with E-state index in [-0.39, 0.29) is 0 Å². The maximum atomic E-state index is 5.85. The van der Waals surface area contributed by atoms with Crippen LogP contribution in [0.25, 0.3) is 0 Å². The molecule has 1 aliphatic heterocycles. The first-order valence-electron chi connectivity index (χ1n) is 6.68. The highest BCUT2D eigenvalue weighted by molar-refractivity contribution is 5.54. The monoisotopic (exact) mass is 232 g/mol. The van der Waals surface area contributed by atoms with Crippen molar-refractivity contribution in [1.82, 2.24) is 0 Å². The van der Waals surface area contributed by atoms with Crippen molar-refractivity contribution < 1.29 is 0 Å². The predicted molar refractivity (Wildman–Crippen MR) is 74.1 cm³/mol. The molecular weight excluding hydrogens is 208 g/mol. The van der Waals surface area contributed by atoms with Crippen molar-refractivity contribution in [2.75, 3.05) is 11.4 Å². The molecule has 1 fully saturated rings. The van der Waals surface area contributed by atoms with Crippen molar-refractivity contribution in [3.05, 3.63) is 29.8 Å². The molecule has 17 heavy (non-hydrogen) atoms. The number of piperidine rings is 1. The maximum absolute atomic E-state index is 5.85. The molecule has 1 aromatic carbocycles. The third-order valence-corrected chi connectivity index (χ3v) is 4.12. The second kappa shape index (κ2) is 5.09. The fourth-order valence-corrected chi connectivity index (χ4v) is 3.00. The minimum atomic E-state index is 0.610. The molecule has 94 valence electrons. The van der Waals surface area contributed by atoms with Crippen LogP contribution in [-0.4, -0.2) is 12.6 Å². The van der Waals surface area contributed by atoms with Crippen molar-refractivity contribution in [1.29, 1.82) is 0 Å². The van der Waals surface area contributed by atoms with E-state index >= 15 is 0 Å². The Morgan fingerprint density at radius 1 is 1.24 bits per heavy atom. The summed E-state index contributed by atoms with van der Waals surface area (Å²) >= 11 is 0. The lowest BCUT2D eigenvalue weighted by Gasteiger charge is -2.43. The Morgan fingerprint density at radius 2 is 1.94 bits per heavy atom. The highest BCUT2D eigenvalue weighted by Crippen LogP contribution is 2.32. The Bertz CT molecular complexity index is 375. The molecule has 0 spiro atoms. The maximum Gasteiger partial charge on any atom is 0.0414 e. The molecule has 1 saturated heterocycles. The van der Waals surface area contributed by atoms with Crippen LogP contribution in [0.1, 0.15) is 32.8 Å². The molecule has 1 aromatic rings. The van der Waals surface area contributed by atoms with E-state index in [0.717, 1.165) is 18.4 Å². The third-order valence-electron chi connectivity index (χ3n) is 4.12. The van der Waals surface area contributed by atoms with Crippen LogP contribution in [0, 0.1) is 11.8 Å². The molecule has 1 aliphatic rings. The van der Waals surface area contributed by atoms with Gasteiger partial charge in [0.15, 0.2) is 0 Å². The van der Waals surface area contributed by atoms with E-state index in [4.69, 9.17) is 5.73 Å². The summed E-state index contributed by atoms with van der Waals surface area (Å²) in [7, 11) is 0. The molecule has 2 heteroatoms. The summed E-state index contributed by atoms with van der Waals surface area (Å²) in [6.45, 7) is 8.83. The van der Waals surface area contributed by atoms with Gasteiger partial charge >= 0.3 is 0 Å². The highest BCUT2D eigenvalue weighted by atomic mass is 15.2. The zero-order chi connectivity index (χ0) is 12.4. The van der Waals surface area contributed by atoms with Crippen molar-refractivity contribution in [2.24, 2.45) is 17.6 Å². The minimum absolute atomic E-state index is 0.610. The number of benzene rings is 1. The first-order chi connectivity index (χ1) is 8.13. The van der Waals surface area contributed by atoms with Gasteiger partial charge in [-0.05, 0) is 36.8 Å². The van der Waals surface area contributed by atoms with Gasteiger partial charge < -0.3 is 10.6 Å². The molecule has 3 atom stereocenters. The molecule has 2 N–H and O–H groups in total. The molecule has 0 amide bonds. The zero-order valence-electron chi connectivity index (χ0n) is 11.2. The molecule has 0 radical (unpaired) electrons. The Labute approximate surface area is 105 Å². The first kappa shape index (κ1) is 12.4. The number of anilines is 1. The predicted octanol–water partition coefficient (Wildman–Crippen LogP) is 3.02. The zero-order valence-corrected chi connectivity index (χ0v) is 11.2. The summed E-state index contributed by atoms with van der Waals surface area (Å²) in [5.41, 5.74) is 8.44. The number of nitrogens with zero attached hydrogens (tertiary/aromatic N) is 1. The summed E-state index contributed by atoms with van der Waals surface area (Å²) in [4.78, 5) is 2.54. The standard InChI is InChI=1S/C15H24N2/c1-11-8-12(2)13(3)17(10-11)15-7-5-4-6-14(15)9-16/h4-7,11-13H,8-10,16H2,1-3H3. The normalized spacial score (nSPS) is 29.4. The van der Waals surface area contributed by atoms with E-state index < -0.39 is 0 Å². The minimum Gasteiger partial charge on any atom is -0.368 e. The van der Waals surface area contributed by atoms with Crippen LogP contribution in [0.4, 0.5) is 5.69 Å². The van der Waals surface area contributed by atoms with Crippen LogP contribution >= 0.6 is 0 Å². The van der Waals surface area contributed by atoms with Crippen LogP contribution in [-0.2, 0) is 6.54 Å². The second-order valence-electron chi connectivity index (χ2n) is 5.54. The summed E-state index contributed by atoms with van der Waals surface area (Å²) in [6, 6.07) is 9.16. The quantitative estimate of drug-likeness (QED) is 0.849. The van der Waals surface area contributed by atoms with Gasteiger partial charge in [-0.2, -0.15) is 0 Å². The number of para-hydroxylation sites is 1. The lowest BCUT2D eigenvalue weighted by Crippen LogP contribution is -2.46. The van der Waals surface area contributed by atoms with E-state index in [9.17, 15) is 0 Å². The van der Waals surface area contributed by atoms with Crippen LogP contribution in [0.3, 0.4) is 0 Å². The Morgan fingerprint density at radius 3 is 2.65 bits per heavy atom. The van der Waals surface area contributed by atoms with Crippen LogP contribution in [0.2, 0.25) is 0 Å². The van der Waals surface area contributed by atoms with Gasteiger partial charge in [0.05, 0.1) is 0 Å². The first-order valence-corrected chi connectivity index (χ1v) is 6.68. The third kappa shape index (κ3) is 2.47. The molecule has 0 saturated carbocycles.